The van der Waals surface area contributed by atoms with Gasteiger partial charge in [0.25, 0.3) is 0 Å². The fourth-order valence-electron chi connectivity index (χ4n) is 3.98. The van der Waals surface area contributed by atoms with Crippen molar-refractivity contribution >= 4 is 22.9 Å². The highest BCUT2D eigenvalue weighted by Crippen LogP contribution is 2.30. The molecule has 0 fully saturated rings. The van der Waals surface area contributed by atoms with Crippen LogP contribution in [0.1, 0.15) is 31.8 Å². The van der Waals surface area contributed by atoms with Gasteiger partial charge < -0.3 is 20.1 Å². The molecule has 39 heavy (non-hydrogen) atoms. The summed E-state index contributed by atoms with van der Waals surface area (Å²) in [5.74, 6) is 1.18. The minimum atomic E-state index is -0.0798. The van der Waals surface area contributed by atoms with E-state index < -0.39 is 0 Å². The van der Waals surface area contributed by atoms with E-state index in [1.54, 1.807) is 50.9 Å². The van der Waals surface area contributed by atoms with Crippen LogP contribution in [0.3, 0.4) is 0 Å². The molecule has 0 aromatic heterocycles. The Morgan fingerprint density at radius 1 is 0.615 bits per heavy atom. The number of rotatable bonds is 12. The van der Waals surface area contributed by atoms with Crippen molar-refractivity contribution in [3.05, 3.63) is 144 Å². The lowest BCUT2D eigenvalue weighted by Crippen LogP contribution is -1.99. The van der Waals surface area contributed by atoms with Crippen LogP contribution in [-0.4, -0.2) is 25.8 Å². The Morgan fingerprint density at radius 2 is 1.03 bits per heavy atom. The van der Waals surface area contributed by atoms with Gasteiger partial charge in [-0.15, -0.1) is 0 Å². The van der Waals surface area contributed by atoms with Crippen LogP contribution in [0.25, 0.3) is 0 Å². The average molecular weight is 519 g/mol. The Kier molecular flexibility index (Phi) is 9.29. The van der Waals surface area contributed by atoms with Gasteiger partial charge in [-0.25, -0.2) is 0 Å². The van der Waals surface area contributed by atoms with Gasteiger partial charge in [-0.05, 0) is 41.8 Å². The molecule has 0 radical (unpaired) electrons. The maximum Gasteiger partial charge on any atom is 0.187 e. The third-order valence-corrected chi connectivity index (χ3v) is 6.00. The van der Waals surface area contributed by atoms with Crippen molar-refractivity contribution in [3.63, 3.8) is 0 Å². The minimum Gasteiger partial charge on any atom is -0.495 e. The molecule has 0 heterocycles. The maximum atomic E-state index is 12.3. The fraction of sp³-hybridized carbons (Fsp3) is 0.0909. The fourth-order valence-corrected chi connectivity index (χ4v) is 3.98. The zero-order valence-electron chi connectivity index (χ0n) is 21.9. The topological polar surface area (TPSA) is 76.7 Å². The van der Waals surface area contributed by atoms with Crippen LogP contribution in [-0.2, 0) is 6.42 Å². The van der Waals surface area contributed by atoms with E-state index in [2.05, 4.69) is 10.6 Å². The van der Waals surface area contributed by atoms with Crippen molar-refractivity contribution in [2.45, 2.75) is 6.42 Å². The van der Waals surface area contributed by atoms with Gasteiger partial charge in [0.05, 0.1) is 25.6 Å². The Hall–Kier alpha value is -5.10. The summed E-state index contributed by atoms with van der Waals surface area (Å²) in [6, 6.07) is 30.0. The SMILES string of the molecule is COc1cc(Cc2ccc(NC=CC(=O)c3ccccc3)c(OC)c2)ccc1NC=CC(=O)c1ccccc1. The van der Waals surface area contributed by atoms with Crippen molar-refractivity contribution in [3.8, 4) is 11.5 Å². The molecule has 0 unspecified atom stereocenters. The lowest BCUT2D eigenvalue weighted by Gasteiger charge is -2.13. The van der Waals surface area contributed by atoms with Crippen LogP contribution in [0, 0.1) is 0 Å². The maximum absolute atomic E-state index is 12.3. The zero-order valence-corrected chi connectivity index (χ0v) is 21.9. The average Bonchev–Trinajstić information content (AvgIpc) is 2.99. The standard InChI is InChI=1S/C33H30N2O4/c1-38-32-22-24(13-15-28(32)34-19-17-30(36)26-9-5-3-6-10-26)21-25-14-16-29(33(23-25)39-2)35-20-18-31(37)27-11-7-4-8-12-27/h3-20,22-23,34-35H,21H2,1-2H3. The molecule has 4 rings (SSSR count). The predicted molar refractivity (Wildman–Crippen MR) is 156 cm³/mol. The number of hydrogen-bond donors (Lipinski definition) is 2. The molecule has 0 aliphatic carbocycles. The predicted octanol–water partition coefficient (Wildman–Crippen LogP) is 6.91. The molecule has 0 amide bonds. The molecule has 2 N–H and O–H groups in total. The van der Waals surface area contributed by atoms with Crippen molar-refractivity contribution in [1.82, 2.24) is 0 Å². The second-order valence-corrected chi connectivity index (χ2v) is 8.66. The van der Waals surface area contributed by atoms with Crippen LogP contribution >= 0.6 is 0 Å². The van der Waals surface area contributed by atoms with Gasteiger partial charge in [0.2, 0.25) is 0 Å². The van der Waals surface area contributed by atoms with Gasteiger partial charge in [-0.2, -0.15) is 0 Å². The highest BCUT2D eigenvalue weighted by molar-refractivity contribution is 6.05. The van der Waals surface area contributed by atoms with E-state index in [0.29, 0.717) is 29.0 Å². The van der Waals surface area contributed by atoms with E-state index in [1.165, 1.54) is 12.2 Å². The number of hydrogen-bond acceptors (Lipinski definition) is 6. The summed E-state index contributed by atoms with van der Waals surface area (Å²) in [4.78, 5) is 24.6. The van der Waals surface area contributed by atoms with E-state index in [-0.39, 0.29) is 11.6 Å². The molecule has 4 aromatic carbocycles. The van der Waals surface area contributed by atoms with E-state index in [9.17, 15) is 9.59 Å². The molecule has 0 bridgehead atoms. The summed E-state index contributed by atoms with van der Waals surface area (Å²) in [6.45, 7) is 0. The minimum absolute atomic E-state index is 0.0798. The molecule has 4 aromatic rings. The Bertz CT molecular complexity index is 1370. The molecule has 196 valence electrons. The number of ether oxygens (including phenoxy) is 2. The summed E-state index contributed by atoms with van der Waals surface area (Å²) in [7, 11) is 3.23. The number of allylic oxidation sites excluding steroid dienone is 2. The van der Waals surface area contributed by atoms with Crippen LogP contribution in [0.5, 0.6) is 11.5 Å². The van der Waals surface area contributed by atoms with Crippen LogP contribution < -0.4 is 20.1 Å². The molecule has 0 atom stereocenters. The lowest BCUT2D eigenvalue weighted by atomic mass is 10.0. The smallest absolute Gasteiger partial charge is 0.187 e. The molecule has 0 aliphatic heterocycles. The number of benzene rings is 4. The molecule has 0 spiro atoms. The van der Waals surface area contributed by atoms with Crippen LogP contribution in [0.4, 0.5) is 11.4 Å². The molecular weight excluding hydrogens is 488 g/mol. The number of anilines is 2. The zero-order chi connectivity index (χ0) is 27.5. The van der Waals surface area contributed by atoms with Crippen molar-refractivity contribution in [2.24, 2.45) is 0 Å². The van der Waals surface area contributed by atoms with Gasteiger partial charge in [0, 0.05) is 35.7 Å². The quantitative estimate of drug-likeness (QED) is 0.157. The van der Waals surface area contributed by atoms with Crippen molar-refractivity contribution in [1.29, 1.82) is 0 Å². The lowest BCUT2D eigenvalue weighted by molar-refractivity contribution is 0.103. The Labute approximate surface area is 228 Å². The molecule has 6 nitrogen and oxygen atoms in total. The largest absolute Gasteiger partial charge is 0.495 e. The van der Waals surface area contributed by atoms with E-state index in [0.717, 1.165) is 22.5 Å². The summed E-state index contributed by atoms with van der Waals surface area (Å²) in [5.41, 5.74) is 4.88. The molecular formula is C33H30N2O4. The molecule has 6 heteroatoms. The summed E-state index contributed by atoms with van der Waals surface area (Å²) < 4.78 is 11.1. The number of methoxy groups -OCH3 is 2. The third kappa shape index (κ3) is 7.46. The van der Waals surface area contributed by atoms with Gasteiger partial charge in [-0.1, -0.05) is 72.8 Å². The van der Waals surface area contributed by atoms with Gasteiger partial charge in [0.1, 0.15) is 11.5 Å². The monoisotopic (exact) mass is 518 g/mol. The summed E-state index contributed by atoms with van der Waals surface area (Å²) in [5, 5.41) is 6.27. The van der Waals surface area contributed by atoms with Crippen LogP contribution in [0.15, 0.2) is 122 Å². The second-order valence-electron chi connectivity index (χ2n) is 8.66. The van der Waals surface area contributed by atoms with Gasteiger partial charge in [0.15, 0.2) is 11.6 Å². The van der Waals surface area contributed by atoms with Crippen LogP contribution in [0.2, 0.25) is 0 Å². The normalized spacial score (nSPS) is 10.9. The Morgan fingerprint density at radius 3 is 1.41 bits per heavy atom. The first-order valence-corrected chi connectivity index (χ1v) is 12.5. The first-order valence-electron chi connectivity index (χ1n) is 12.5. The third-order valence-electron chi connectivity index (χ3n) is 6.00. The van der Waals surface area contributed by atoms with E-state index >= 15 is 0 Å². The highest BCUT2D eigenvalue weighted by Gasteiger charge is 2.08. The summed E-state index contributed by atoms with van der Waals surface area (Å²) in [6.07, 6.45) is 6.89. The first-order chi connectivity index (χ1) is 19.1. The number of nitrogens with one attached hydrogen (secondary N) is 2. The van der Waals surface area contributed by atoms with E-state index in [1.807, 2.05) is 72.8 Å². The second kappa shape index (κ2) is 13.4. The van der Waals surface area contributed by atoms with Gasteiger partial charge >= 0.3 is 0 Å². The molecule has 0 saturated heterocycles. The van der Waals surface area contributed by atoms with Crippen molar-refractivity contribution in [2.75, 3.05) is 24.9 Å². The number of carbonyl (C=O) groups is 2. The number of ketones is 2. The molecule has 0 saturated carbocycles. The number of carbonyl (C=O) groups excluding carboxylic acids is 2. The van der Waals surface area contributed by atoms with Crippen molar-refractivity contribution < 1.29 is 19.1 Å². The summed E-state index contributed by atoms with van der Waals surface area (Å²) >= 11 is 0. The first kappa shape index (κ1) is 26.9. The Balaban J connectivity index is 1.39. The highest BCUT2D eigenvalue weighted by atomic mass is 16.5. The van der Waals surface area contributed by atoms with Gasteiger partial charge in [-0.3, -0.25) is 9.59 Å². The molecule has 0 aliphatic rings. The van der Waals surface area contributed by atoms with E-state index in [4.69, 9.17) is 9.47 Å².